The maximum Gasteiger partial charge on any atom is 0.286 e. The lowest BCUT2D eigenvalue weighted by Gasteiger charge is -2.29. The first-order chi connectivity index (χ1) is 14.1. The van der Waals surface area contributed by atoms with Crippen LogP contribution >= 0.6 is 22.6 Å². The molecule has 4 aromatic rings. The van der Waals surface area contributed by atoms with Gasteiger partial charge in [-0.15, -0.1) is 0 Å². The molecule has 0 aliphatic carbocycles. The predicted octanol–water partition coefficient (Wildman–Crippen LogP) is 3.51. The van der Waals surface area contributed by atoms with Crippen LogP contribution < -0.4 is 10.6 Å². The van der Waals surface area contributed by atoms with Gasteiger partial charge in [0.05, 0.1) is 30.0 Å². The summed E-state index contributed by atoms with van der Waals surface area (Å²) < 4.78 is 16.9. The highest BCUT2D eigenvalue weighted by Crippen LogP contribution is 2.33. The fourth-order valence-electron chi connectivity index (χ4n) is 3.35. The molecule has 1 amide bonds. The van der Waals surface area contributed by atoms with Gasteiger partial charge in [-0.2, -0.15) is 5.10 Å². The Balaban J connectivity index is 1.64. The van der Waals surface area contributed by atoms with E-state index in [-0.39, 0.29) is 15.8 Å². The minimum absolute atomic E-state index is 0.222. The smallest absolute Gasteiger partial charge is 0.286 e. The van der Waals surface area contributed by atoms with Crippen LogP contribution in [0.3, 0.4) is 0 Å². The molecule has 3 aromatic heterocycles. The molecule has 0 radical (unpaired) electrons. The Labute approximate surface area is 178 Å². The summed E-state index contributed by atoms with van der Waals surface area (Å²) in [6.07, 6.45) is 3.47. The maximum absolute atomic E-state index is 13.4. The van der Waals surface area contributed by atoms with Gasteiger partial charge < -0.3 is 15.2 Å². The third kappa shape index (κ3) is 3.38. The third-order valence-corrected chi connectivity index (χ3v) is 5.12. The number of aromatic nitrogens is 5. The number of hydrogen-bond acceptors (Lipinski definition) is 5. The second-order valence-electron chi connectivity index (χ2n) is 6.71. The van der Waals surface area contributed by atoms with Crippen molar-refractivity contribution in [1.29, 1.82) is 0 Å². The highest BCUT2D eigenvalue weighted by Gasteiger charge is 2.25. The highest BCUT2D eigenvalue weighted by molar-refractivity contribution is 14.1. The summed E-state index contributed by atoms with van der Waals surface area (Å²) in [7, 11) is 0. The van der Waals surface area contributed by atoms with Gasteiger partial charge in [-0.3, -0.25) is 4.79 Å². The number of halogens is 2. The van der Waals surface area contributed by atoms with E-state index < -0.39 is 0 Å². The fraction of sp³-hybridized carbons (Fsp3) is 0.158. The Hall–Kier alpha value is -2.86. The molecule has 1 saturated heterocycles. The summed E-state index contributed by atoms with van der Waals surface area (Å²) in [5, 5.41) is 10.6. The van der Waals surface area contributed by atoms with E-state index in [1.54, 1.807) is 51.8 Å². The summed E-state index contributed by atoms with van der Waals surface area (Å²) in [6.45, 7) is 1.71. The molecule has 0 atom stereocenters. The topological polar surface area (TPSA) is 89.1 Å². The number of anilines is 1. The Bertz CT molecular complexity index is 1210. The van der Waals surface area contributed by atoms with Gasteiger partial charge in [0.2, 0.25) is 0 Å². The monoisotopic (exact) mass is 503 g/mol. The fourth-order valence-corrected chi connectivity index (χ4v) is 3.63. The highest BCUT2D eigenvalue weighted by atomic mass is 127. The Morgan fingerprint density at radius 3 is 2.69 bits per heavy atom. The number of fused-ring (bicyclic) bond motifs is 1. The second kappa shape index (κ2) is 7.19. The number of imidazole rings is 2. The summed E-state index contributed by atoms with van der Waals surface area (Å²) in [6, 6.07) is 10.3. The summed E-state index contributed by atoms with van der Waals surface area (Å²) in [5.74, 6) is 0.144. The van der Waals surface area contributed by atoms with E-state index in [1.165, 1.54) is 12.1 Å². The standard InChI is InChI=1S/C19H15FIN7O/c20-12-3-1-11(2-4-12)17-18(27(10-23-17)13-7-22-8-13)14-5-6-16-24-15(25-19(21)29)9-28(16)26-14/h1-6,9-10,13,22H,7-8H2,(H,25,29). The minimum Gasteiger partial charge on any atom is -0.323 e. The van der Waals surface area contributed by atoms with Gasteiger partial charge in [0, 0.05) is 41.2 Å². The molecule has 1 aromatic carbocycles. The van der Waals surface area contributed by atoms with Crippen LogP contribution in [0.1, 0.15) is 6.04 Å². The number of rotatable bonds is 4. The molecule has 146 valence electrons. The van der Waals surface area contributed by atoms with Crippen LogP contribution in [0, 0.1) is 5.82 Å². The van der Waals surface area contributed by atoms with Crippen molar-refractivity contribution in [2.45, 2.75) is 6.04 Å². The SMILES string of the molecule is O=C(I)Nc1cn2nc(-c3c(-c4ccc(F)cc4)ncn3C3CNC3)ccc2n1. The average molecular weight is 503 g/mol. The molecular formula is C19H15FIN7O. The Kier molecular flexibility index (Phi) is 4.51. The Morgan fingerprint density at radius 1 is 1.21 bits per heavy atom. The number of nitrogens with one attached hydrogen (secondary N) is 2. The molecular weight excluding hydrogens is 488 g/mol. The van der Waals surface area contributed by atoms with E-state index in [2.05, 4.69) is 25.2 Å². The molecule has 1 aliphatic heterocycles. The van der Waals surface area contributed by atoms with E-state index in [1.807, 2.05) is 12.1 Å². The van der Waals surface area contributed by atoms with Crippen LogP contribution in [0.5, 0.6) is 0 Å². The molecule has 5 rings (SSSR count). The molecule has 2 N–H and O–H groups in total. The van der Waals surface area contributed by atoms with Gasteiger partial charge in [0.25, 0.3) is 3.91 Å². The molecule has 1 aliphatic rings. The zero-order valence-electron chi connectivity index (χ0n) is 15.0. The summed E-state index contributed by atoms with van der Waals surface area (Å²) >= 11 is 1.66. The van der Waals surface area contributed by atoms with Crippen LogP contribution in [-0.2, 0) is 0 Å². The predicted molar refractivity (Wildman–Crippen MR) is 115 cm³/mol. The Morgan fingerprint density at radius 2 is 2.00 bits per heavy atom. The van der Waals surface area contributed by atoms with Gasteiger partial charge in [-0.1, -0.05) is 0 Å². The number of carbonyl (C=O) groups excluding carboxylic acids is 1. The van der Waals surface area contributed by atoms with Crippen molar-refractivity contribution in [3.63, 3.8) is 0 Å². The molecule has 0 unspecified atom stereocenters. The zero-order chi connectivity index (χ0) is 20.0. The zero-order valence-corrected chi connectivity index (χ0v) is 17.2. The van der Waals surface area contributed by atoms with E-state index in [9.17, 15) is 9.18 Å². The van der Waals surface area contributed by atoms with Gasteiger partial charge in [-0.25, -0.2) is 18.9 Å². The van der Waals surface area contributed by atoms with Crippen molar-refractivity contribution in [1.82, 2.24) is 29.5 Å². The summed E-state index contributed by atoms with van der Waals surface area (Å²) in [4.78, 5) is 20.2. The lowest BCUT2D eigenvalue weighted by atomic mass is 10.1. The third-order valence-electron chi connectivity index (χ3n) is 4.85. The molecule has 0 saturated carbocycles. The van der Waals surface area contributed by atoms with Crippen molar-refractivity contribution >= 4 is 38.0 Å². The van der Waals surface area contributed by atoms with Gasteiger partial charge in [0.1, 0.15) is 11.5 Å². The van der Waals surface area contributed by atoms with E-state index >= 15 is 0 Å². The van der Waals surface area contributed by atoms with Gasteiger partial charge >= 0.3 is 0 Å². The van der Waals surface area contributed by atoms with Crippen molar-refractivity contribution < 1.29 is 9.18 Å². The second-order valence-corrected chi connectivity index (χ2v) is 7.69. The van der Waals surface area contributed by atoms with Crippen molar-refractivity contribution in [3.05, 3.63) is 54.7 Å². The first-order valence-corrected chi connectivity index (χ1v) is 10.0. The minimum atomic E-state index is -0.291. The molecule has 1 fully saturated rings. The van der Waals surface area contributed by atoms with Crippen LogP contribution in [-0.4, -0.2) is 41.2 Å². The summed E-state index contributed by atoms with van der Waals surface area (Å²) in [5.41, 5.74) is 3.75. The normalized spacial score (nSPS) is 14.1. The molecule has 29 heavy (non-hydrogen) atoms. The van der Waals surface area contributed by atoms with Gasteiger partial charge in [0.15, 0.2) is 11.5 Å². The lowest BCUT2D eigenvalue weighted by molar-refractivity contribution is 0.271. The molecule has 0 spiro atoms. The number of nitrogens with zero attached hydrogens (tertiary/aromatic N) is 5. The lowest BCUT2D eigenvalue weighted by Crippen LogP contribution is -2.43. The van der Waals surface area contributed by atoms with Crippen LogP contribution in [0.4, 0.5) is 15.0 Å². The first-order valence-electron chi connectivity index (χ1n) is 8.95. The van der Waals surface area contributed by atoms with Crippen LogP contribution in [0.2, 0.25) is 0 Å². The molecule has 4 heterocycles. The molecule has 0 bridgehead atoms. The first kappa shape index (κ1) is 18.2. The maximum atomic E-state index is 13.4. The number of hydrogen-bond donors (Lipinski definition) is 2. The van der Waals surface area contributed by atoms with Crippen molar-refractivity contribution in [2.75, 3.05) is 18.4 Å². The number of carbonyl (C=O) groups is 1. The van der Waals surface area contributed by atoms with E-state index in [4.69, 9.17) is 5.10 Å². The number of amides is 1. The largest absolute Gasteiger partial charge is 0.323 e. The van der Waals surface area contributed by atoms with Gasteiger partial charge in [-0.05, 0) is 36.4 Å². The number of benzene rings is 1. The quantitative estimate of drug-likeness (QED) is 0.253. The average Bonchev–Trinajstić information content (AvgIpc) is 3.23. The van der Waals surface area contributed by atoms with E-state index in [0.717, 1.165) is 30.0 Å². The van der Waals surface area contributed by atoms with E-state index in [0.29, 0.717) is 17.2 Å². The van der Waals surface area contributed by atoms with Crippen LogP contribution in [0.25, 0.3) is 28.3 Å². The van der Waals surface area contributed by atoms with Crippen molar-refractivity contribution in [2.24, 2.45) is 0 Å². The van der Waals surface area contributed by atoms with Crippen LogP contribution in [0.15, 0.2) is 48.9 Å². The van der Waals surface area contributed by atoms with Crippen molar-refractivity contribution in [3.8, 4) is 22.6 Å². The molecule has 8 nitrogen and oxygen atoms in total. The molecule has 10 heteroatoms.